The van der Waals surface area contributed by atoms with Crippen molar-refractivity contribution in [3.63, 3.8) is 0 Å². The Labute approximate surface area is 221 Å². The summed E-state index contributed by atoms with van der Waals surface area (Å²) in [5.74, 6) is 0.763. The van der Waals surface area contributed by atoms with E-state index in [1.54, 1.807) is 12.3 Å². The number of nitrogens with two attached hydrogens (primary N) is 1. The van der Waals surface area contributed by atoms with Crippen molar-refractivity contribution < 1.29 is 19.4 Å². The second kappa shape index (κ2) is 10.9. The first-order valence-electron chi connectivity index (χ1n) is 12.4. The molecule has 37 heavy (non-hydrogen) atoms. The fourth-order valence-corrected chi connectivity index (χ4v) is 5.11. The predicted octanol–water partition coefficient (Wildman–Crippen LogP) is 4.30. The summed E-state index contributed by atoms with van der Waals surface area (Å²) in [6, 6.07) is 17.0. The molecular weight excluding hydrogens is 490 g/mol. The summed E-state index contributed by atoms with van der Waals surface area (Å²) in [5, 5.41) is 11.9. The molecule has 0 atom stereocenters. The Hall–Kier alpha value is -3.39. The molecule has 192 valence electrons. The SMILES string of the molecule is NC(=O)COc1ccc2c(c1)/C(=C/CCN1CCC(O)(c3ccc(Cl)cc3)CC1)c1cccnc1CO2. The Kier molecular flexibility index (Phi) is 7.46. The number of likely N-dealkylation sites (tertiary alicyclic amines) is 1. The molecule has 0 aliphatic carbocycles. The van der Waals surface area contributed by atoms with Crippen LogP contribution in [0.2, 0.25) is 5.02 Å². The molecule has 1 amide bonds. The van der Waals surface area contributed by atoms with Gasteiger partial charge in [0.2, 0.25) is 0 Å². The van der Waals surface area contributed by atoms with Gasteiger partial charge in [-0.15, -0.1) is 0 Å². The van der Waals surface area contributed by atoms with Gasteiger partial charge in [0.05, 0.1) is 11.3 Å². The Morgan fingerprint density at radius 1 is 1.16 bits per heavy atom. The molecule has 3 aromatic rings. The summed E-state index contributed by atoms with van der Waals surface area (Å²) in [6.07, 6.45) is 6.15. The lowest BCUT2D eigenvalue weighted by atomic mass is 9.84. The molecule has 0 bridgehead atoms. The zero-order valence-corrected chi connectivity index (χ0v) is 21.3. The summed E-state index contributed by atoms with van der Waals surface area (Å²) >= 11 is 6.02. The first kappa shape index (κ1) is 25.3. The third kappa shape index (κ3) is 5.80. The van der Waals surface area contributed by atoms with Gasteiger partial charge in [-0.25, -0.2) is 0 Å². The average molecular weight is 520 g/mol. The predicted molar refractivity (Wildman–Crippen MR) is 142 cm³/mol. The van der Waals surface area contributed by atoms with Crippen LogP contribution in [-0.2, 0) is 17.0 Å². The molecule has 0 saturated carbocycles. The molecule has 0 unspecified atom stereocenters. The fourth-order valence-electron chi connectivity index (χ4n) is 4.99. The summed E-state index contributed by atoms with van der Waals surface area (Å²) in [4.78, 5) is 18.1. The van der Waals surface area contributed by atoms with Crippen molar-refractivity contribution >= 4 is 23.1 Å². The first-order valence-corrected chi connectivity index (χ1v) is 12.8. The average Bonchev–Trinajstić information content (AvgIpc) is 3.06. The van der Waals surface area contributed by atoms with Crippen molar-refractivity contribution in [2.75, 3.05) is 26.2 Å². The Balaban J connectivity index is 1.32. The van der Waals surface area contributed by atoms with Crippen LogP contribution in [0.15, 0.2) is 66.9 Å². The Morgan fingerprint density at radius 2 is 1.95 bits per heavy atom. The number of fused-ring (bicyclic) bond motifs is 2. The zero-order valence-electron chi connectivity index (χ0n) is 20.5. The number of primary amides is 1. The number of amides is 1. The minimum Gasteiger partial charge on any atom is -0.487 e. The van der Waals surface area contributed by atoms with E-state index in [0.717, 1.165) is 59.8 Å². The van der Waals surface area contributed by atoms with Crippen LogP contribution in [0, 0.1) is 0 Å². The molecule has 8 heteroatoms. The molecule has 0 radical (unpaired) electrons. The van der Waals surface area contributed by atoms with E-state index in [1.165, 1.54) is 0 Å². The smallest absolute Gasteiger partial charge is 0.255 e. The van der Waals surface area contributed by atoms with Gasteiger partial charge >= 0.3 is 0 Å². The number of pyridine rings is 1. The largest absolute Gasteiger partial charge is 0.487 e. The molecule has 2 aliphatic heterocycles. The second-order valence-electron chi connectivity index (χ2n) is 9.49. The number of ether oxygens (including phenoxy) is 2. The van der Waals surface area contributed by atoms with E-state index in [2.05, 4.69) is 22.0 Å². The van der Waals surface area contributed by atoms with Gasteiger partial charge < -0.3 is 25.2 Å². The molecule has 1 fully saturated rings. The van der Waals surface area contributed by atoms with E-state index in [-0.39, 0.29) is 6.61 Å². The van der Waals surface area contributed by atoms with Crippen LogP contribution in [0.5, 0.6) is 11.5 Å². The highest BCUT2D eigenvalue weighted by Gasteiger charge is 2.33. The highest BCUT2D eigenvalue weighted by atomic mass is 35.5. The van der Waals surface area contributed by atoms with E-state index < -0.39 is 11.5 Å². The monoisotopic (exact) mass is 519 g/mol. The van der Waals surface area contributed by atoms with Crippen LogP contribution >= 0.6 is 11.6 Å². The number of hydrogen-bond acceptors (Lipinski definition) is 6. The molecule has 2 aliphatic rings. The van der Waals surface area contributed by atoms with Crippen molar-refractivity contribution in [3.05, 3.63) is 94.3 Å². The third-order valence-electron chi connectivity index (χ3n) is 7.03. The maximum atomic E-state index is 11.2. The lowest BCUT2D eigenvalue weighted by molar-refractivity contribution is -0.119. The van der Waals surface area contributed by atoms with Gasteiger partial charge in [0, 0.05) is 42.0 Å². The Morgan fingerprint density at radius 3 is 2.70 bits per heavy atom. The lowest BCUT2D eigenvalue weighted by Gasteiger charge is -2.38. The van der Waals surface area contributed by atoms with Gasteiger partial charge in [0.15, 0.2) is 6.61 Å². The number of piperidine rings is 1. The van der Waals surface area contributed by atoms with Gasteiger partial charge in [0.25, 0.3) is 5.91 Å². The lowest BCUT2D eigenvalue weighted by Crippen LogP contribution is -2.42. The summed E-state index contributed by atoms with van der Waals surface area (Å²) in [6.45, 7) is 2.67. The minimum absolute atomic E-state index is 0.186. The normalized spacial score (nSPS) is 17.8. The topological polar surface area (TPSA) is 97.9 Å². The molecule has 5 rings (SSSR count). The van der Waals surface area contributed by atoms with Crippen molar-refractivity contribution in [3.8, 4) is 11.5 Å². The summed E-state index contributed by atoms with van der Waals surface area (Å²) < 4.78 is 11.6. The Bertz CT molecular complexity index is 1300. The summed E-state index contributed by atoms with van der Waals surface area (Å²) in [7, 11) is 0. The van der Waals surface area contributed by atoms with Crippen LogP contribution in [0.1, 0.15) is 41.6 Å². The number of nitrogens with zero attached hydrogens (tertiary/aromatic N) is 2. The highest BCUT2D eigenvalue weighted by Crippen LogP contribution is 2.39. The zero-order chi connectivity index (χ0) is 25.8. The van der Waals surface area contributed by atoms with Gasteiger partial charge in [-0.05, 0) is 66.8 Å². The number of carbonyl (C=O) groups excluding carboxylic acids is 1. The minimum atomic E-state index is -0.816. The van der Waals surface area contributed by atoms with E-state index >= 15 is 0 Å². The standard InChI is InChI=1S/C29H30ClN3O4/c30-21-7-5-20(6-8-21)29(35)11-15-33(16-12-29)14-2-4-23-24-3-1-13-32-26(24)18-37-27-10-9-22(17-25(23)27)36-19-28(31)34/h1,3-10,13,17,35H,2,11-12,14-16,18-19H2,(H2,31,34)/b23-4+. The molecule has 2 aromatic carbocycles. The summed E-state index contributed by atoms with van der Waals surface area (Å²) in [5.41, 5.74) is 9.16. The third-order valence-corrected chi connectivity index (χ3v) is 7.28. The number of benzene rings is 2. The number of hydrogen-bond donors (Lipinski definition) is 2. The van der Waals surface area contributed by atoms with Crippen molar-refractivity contribution in [2.45, 2.75) is 31.5 Å². The van der Waals surface area contributed by atoms with Crippen LogP contribution in [0.3, 0.4) is 0 Å². The number of aliphatic hydroxyl groups is 1. The quantitative estimate of drug-likeness (QED) is 0.483. The van der Waals surface area contributed by atoms with Gasteiger partial charge in [-0.3, -0.25) is 9.78 Å². The van der Waals surface area contributed by atoms with E-state index in [4.69, 9.17) is 26.8 Å². The van der Waals surface area contributed by atoms with Crippen LogP contribution in [0.4, 0.5) is 0 Å². The molecule has 3 heterocycles. The van der Waals surface area contributed by atoms with Gasteiger partial charge in [-0.2, -0.15) is 0 Å². The van der Waals surface area contributed by atoms with E-state index in [9.17, 15) is 9.90 Å². The molecule has 1 saturated heterocycles. The maximum absolute atomic E-state index is 11.2. The second-order valence-corrected chi connectivity index (χ2v) is 9.92. The van der Waals surface area contributed by atoms with E-state index in [0.29, 0.717) is 30.2 Å². The van der Waals surface area contributed by atoms with Gasteiger partial charge in [-0.1, -0.05) is 35.9 Å². The highest BCUT2D eigenvalue weighted by molar-refractivity contribution is 6.30. The van der Waals surface area contributed by atoms with Crippen molar-refractivity contribution in [1.82, 2.24) is 9.88 Å². The maximum Gasteiger partial charge on any atom is 0.255 e. The number of rotatable bonds is 7. The van der Waals surface area contributed by atoms with Gasteiger partial charge in [0.1, 0.15) is 18.1 Å². The van der Waals surface area contributed by atoms with Crippen LogP contribution in [-0.4, -0.2) is 47.1 Å². The number of halogens is 1. The van der Waals surface area contributed by atoms with Crippen molar-refractivity contribution in [2.24, 2.45) is 5.73 Å². The van der Waals surface area contributed by atoms with Crippen LogP contribution < -0.4 is 15.2 Å². The number of carbonyl (C=O) groups is 1. The molecule has 1 aromatic heterocycles. The van der Waals surface area contributed by atoms with Crippen molar-refractivity contribution in [1.29, 1.82) is 0 Å². The molecular formula is C29H30ClN3O4. The molecule has 0 spiro atoms. The first-order chi connectivity index (χ1) is 17.9. The molecule has 3 N–H and O–H groups in total. The fraction of sp³-hybridized carbons (Fsp3) is 0.310. The number of aromatic nitrogens is 1. The van der Waals surface area contributed by atoms with Crippen LogP contribution in [0.25, 0.3) is 5.57 Å². The van der Waals surface area contributed by atoms with E-state index in [1.807, 2.05) is 42.5 Å². The molecule has 7 nitrogen and oxygen atoms in total.